The molecule has 1 aromatic heterocycles. The van der Waals surface area contributed by atoms with Gasteiger partial charge in [-0.1, -0.05) is 29.8 Å². The molecule has 40 heavy (non-hydrogen) atoms. The Bertz CT molecular complexity index is 1680. The summed E-state index contributed by atoms with van der Waals surface area (Å²) in [5.41, 5.74) is -0.848. The zero-order chi connectivity index (χ0) is 29.2. The lowest BCUT2D eigenvalue weighted by Gasteiger charge is -2.16. The Hall–Kier alpha value is -4.22. The Balaban J connectivity index is 1.80. The molecule has 3 aromatic carbocycles. The van der Waals surface area contributed by atoms with E-state index in [1.807, 2.05) is 0 Å². The highest BCUT2D eigenvalue weighted by molar-refractivity contribution is 6.32. The number of carbonyl (C=O) groups excluding carboxylic acids is 1. The summed E-state index contributed by atoms with van der Waals surface area (Å²) in [4.78, 5) is 36.9. The number of amides is 1. The van der Waals surface area contributed by atoms with Crippen molar-refractivity contribution in [1.82, 2.24) is 5.32 Å². The van der Waals surface area contributed by atoms with Crippen LogP contribution < -0.4 is 16.3 Å². The van der Waals surface area contributed by atoms with Gasteiger partial charge in [0.15, 0.2) is 0 Å². The zero-order valence-electron chi connectivity index (χ0n) is 20.8. The molecule has 0 fully saturated rings. The zero-order valence-corrected chi connectivity index (χ0v) is 21.5. The summed E-state index contributed by atoms with van der Waals surface area (Å²) in [5.74, 6) is -3.14. The molecule has 0 saturated carbocycles. The van der Waals surface area contributed by atoms with Crippen LogP contribution in [-0.2, 0) is 28.7 Å². The highest BCUT2D eigenvalue weighted by atomic mass is 35.5. The smallest absolute Gasteiger partial charge is 0.418 e. The van der Waals surface area contributed by atoms with Crippen molar-refractivity contribution in [2.45, 2.75) is 26.1 Å². The van der Waals surface area contributed by atoms with E-state index < -0.39 is 47.2 Å². The molecule has 1 amide bonds. The summed E-state index contributed by atoms with van der Waals surface area (Å²) in [5, 5.41) is 14.5. The van der Waals surface area contributed by atoms with Crippen LogP contribution in [0.4, 0.5) is 23.2 Å². The number of anilines is 1. The average Bonchev–Trinajstić information content (AvgIpc) is 2.86. The molecule has 0 atom stereocenters. The number of alkyl halides is 3. The van der Waals surface area contributed by atoms with Crippen LogP contribution in [0.3, 0.4) is 0 Å². The molecule has 4 rings (SSSR count). The summed E-state index contributed by atoms with van der Waals surface area (Å²) in [6.07, 6.45) is -5.60. The van der Waals surface area contributed by atoms with Crippen molar-refractivity contribution >= 4 is 40.1 Å². The van der Waals surface area contributed by atoms with E-state index in [-0.39, 0.29) is 30.3 Å². The maximum absolute atomic E-state index is 13.5. The summed E-state index contributed by atoms with van der Waals surface area (Å²) in [6.45, 7) is 1.63. The molecule has 0 radical (unpaired) electrons. The van der Waals surface area contributed by atoms with Gasteiger partial charge in [-0.15, -0.1) is 0 Å². The largest absolute Gasteiger partial charge is 0.480 e. The van der Waals surface area contributed by atoms with E-state index in [4.69, 9.17) is 21.1 Å². The van der Waals surface area contributed by atoms with Gasteiger partial charge < -0.3 is 20.2 Å². The number of hydrogen-bond donors (Lipinski definition) is 3. The van der Waals surface area contributed by atoms with Crippen molar-refractivity contribution < 1.29 is 36.7 Å². The van der Waals surface area contributed by atoms with Gasteiger partial charge in [-0.3, -0.25) is 9.59 Å². The SMILES string of the molecule is Cc1cc2c(-c3cccc(CNCC(=O)O)c3)c(CC(=O)Nc3ccc(F)cc3C(F)(F)F)c(=O)oc2cc1Cl. The Morgan fingerprint density at radius 2 is 1.82 bits per heavy atom. The molecule has 4 aromatic rings. The molecular formula is C28H21ClF4N2O5. The van der Waals surface area contributed by atoms with Crippen LogP contribution >= 0.6 is 11.6 Å². The van der Waals surface area contributed by atoms with E-state index in [0.29, 0.717) is 32.7 Å². The Morgan fingerprint density at radius 1 is 1.07 bits per heavy atom. The van der Waals surface area contributed by atoms with Crippen LogP contribution in [0, 0.1) is 12.7 Å². The quantitative estimate of drug-likeness (QED) is 0.177. The van der Waals surface area contributed by atoms with E-state index in [9.17, 15) is 31.9 Å². The number of aryl methyl sites for hydroxylation is 1. The fourth-order valence-corrected chi connectivity index (χ4v) is 4.38. The van der Waals surface area contributed by atoms with Crippen molar-refractivity contribution in [3.63, 3.8) is 0 Å². The van der Waals surface area contributed by atoms with Gasteiger partial charge in [0.2, 0.25) is 5.91 Å². The Morgan fingerprint density at radius 3 is 2.52 bits per heavy atom. The van der Waals surface area contributed by atoms with E-state index in [1.54, 1.807) is 37.3 Å². The number of carbonyl (C=O) groups is 2. The number of rotatable bonds is 8. The first-order valence-electron chi connectivity index (χ1n) is 11.8. The summed E-state index contributed by atoms with van der Waals surface area (Å²) >= 11 is 6.22. The molecular weight excluding hydrogens is 556 g/mol. The highest BCUT2D eigenvalue weighted by Crippen LogP contribution is 2.36. The number of nitrogens with one attached hydrogen (secondary N) is 2. The lowest BCUT2D eigenvalue weighted by Crippen LogP contribution is -2.22. The van der Waals surface area contributed by atoms with E-state index >= 15 is 0 Å². The van der Waals surface area contributed by atoms with E-state index in [1.165, 1.54) is 6.07 Å². The minimum absolute atomic E-state index is 0.127. The van der Waals surface area contributed by atoms with Crippen LogP contribution in [0.25, 0.3) is 22.1 Å². The van der Waals surface area contributed by atoms with Gasteiger partial charge in [0.05, 0.1) is 29.8 Å². The van der Waals surface area contributed by atoms with Crippen LogP contribution in [0.2, 0.25) is 5.02 Å². The molecule has 0 bridgehead atoms. The monoisotopic (exact) mass is 576 g/mol. The number of halogens is 5. The van der Waals surface area contributed by atoms with Crippen molar-refractivity contribution in [2.24, 2.45) is 0 Å². The molecule has 0 saturated heterocycles. The van der Waals surface area contributed by atoms with Gasteiger partial charge in [0.25, 0.3) is 0 Å². The second-order valence-corrected chi connectivity index (χ2v) is 9.36. The lowest BCUT2D eigenvalue weighted by atomic mass is 9.93. The maximum atomic E-state index is 13.5. The first kappa shape index (κ1) is 28.8. The number of carboxylic acids is 1. The average molecular weight is 577 g/mol. The Kier molecular flexibility index (Phi) is 8.26. The predicted molar refractivity (Wildman–Crippen MR) is 141 cm³/mol. The molecule has 1 heterocycles. The summed E-state index contributed by atoms with van der Waals surface area (Å²) in [6, 6.07) is 11.7. The second kappa shape index (κ2) is 11.5. The molecule has 0 unspecified atom stereocenters. The molecule has 0 aliphatic carbocycles. The van der Waals surface area contributed by atoms with Gasteiger partial charge in [0, 0.05) is 28.6 Å². The standard InChI is InChI=1S/C28H21ClF4N2O5/c1-14-7-18-23(11-21(14)29)40-27(39)19(26(18)16-4-2-3-15(8-16)12-34-13-25(37)38)10-24(36)35-22-6-5-17(30)9-20(22)28(31,32)33/h2-9,11,34H,10,12-13H2,1H3,(H,35,36)(H,37,38). The first-order valence-corrected chi connectivity index (χ1v) is 12.2. The van der Waals surface area contributed by atoms with E-state index in [2.05, 4.69) is 10.6 Å². The molecule has 208 valence electrons. The van der Waals surface area contributed by atoms with Gasteiger partial charge in [0.1, 0.15) is 11.4 Å². The van der Waals surface area contributed by atoms with Crippen molar-refractivity contribution in [1.29, 1.82) is 0 Å². The number of fused-ring (bicyclic) bond motifs is 1. The van der Waals surface area contributed by atoms with Crippen LogP contribution in [-0.4, -0.2) is 23.5 Å². The third-order valence-electron chi connectivity index (χ3n) is 6.00. The number of carboxylic acid groups (broad SMARTS) is 1. The van der Waals surface area contributed by atoms with Gasteiger partial charge >= 0.3 is 17.8 Å². The van der Waals surface area contributed by atoms with Gasteiger partial charge in [-0.2, -0.15) is 13.2 Å². The van der Waals surface area contributed by atoms with Gasteiger partial charge in [-0.05, 0) is 53.9 Å². The van der Waals surface area contributed by atoms with Crippen molar-refractivity contribution in [3.05, 3.63) is 98.1 Å². The van der Waals surface area contributed by atoms with E-state index in [0.717, 1.165) is 12.1 Å². The summed E-state index contributed by atoms with van der Waals surface area (Å²) in [7, 11) is 0. The fourth-order valence-electron chi connectivity index (χ4n) is 4.22. The minimum Gasteiger partial charge on any atom is -0.480 e. The molecule has 3 N–H and O–H groups in total. The molecule has 12 heteroatoms. The Labute approximate surface area is 229 Å². The van der Waals surface area contributed by atoms with Gasteiger partial charge in [-0.25, -0.2) is 9.18 Å². The summed E-state index contributed by atoms with van der Waals surface area (Å²) < 4.78 is 59.3. The fraction of sp³-hybridized carbons (Fsp3) is 0.179. The molecule has 0 spiro atoms. The third-order valence-corrected chi connectivity index (χ3v) is 6.41. The predicted octanol–water partition coefficient (Wildman–Crippen LogP) is 5.94. The molecule has 0 aliphatic rings. The second-order valence-electron chi connectivity index (χ2n) is 8.95. The maximum Gasteiger partial charge on any atom is 0.418 e. The number of aliphatic carboxylic acids is 1. The van der Waals surface area contributed by atoms with Crippen LogP contribution in [0.5, 0.6) is 0 Å². The topological polar surface area (TPSA) is 109 Å². The van der Waals surface area contributed by atoms with Crippen molar-refractivity contribution in [2.75, 3.05) is 11.9 Å². The molecule has 7 nitrogen and oxygen atoms in total. The first-order chi connectivity index (χ1) is 18.8. The minimum atomic E-state index is -4.94. The van der Waals surface area contributed by atoms with Crippen LogP contribution in [0.1, 0.15) is 22.3 Å². The normalized spacial score (nSPS) is 11.6. The lowest BCUT2D eigenvalue weighted by molar-refractivity contribution is -0.137. The third kappa shape index (κ3) is 6.49. The van der Waals surface area contributed by atoms with Crippen LogP contribution in [0.15, 0.2) is 63.8 Å². The number of benzene rings is 3. The highest BCUT2D eigenvalue weighted by Gasteiger charge is 2.34. The number of hydrogen-bond acceptors (Lipinski definition) is 5. The van der Waals surface area contributed by atoms with Crippen molar-refractivity contribution in [3.8, 4) is 11.1 Å². The molecule has 0 aliphatic heterocycles.